The summed E-state index contributed by atoms with van der Waals surface area (Å²) in [7, 11) is 3.80. The molecule has 7 nitrogen and oxygen atoms in total. The Balaban J connectivity index is 2.08. The van der Waals surface area contributed by atoms with Gasteiger partial charge in [-0.3, -0.25) is 9.59 Å². The number of likely N-dealkylation sites (tertiary alicyclic amines) is 1. The normalized spacial score (nSPS) is 17.5. The first kappa shape index (κ1) is 25.1. The van der Waals surface area contributed by atoms with E-state index in [1.165, 1.54) is 4.90 Å². The number of nitrogens with zero attached hydrogens (tertiary/aromatic N) is 2. The summed E-state index contributed by atoms with van der Waals surface area (Å²) in [5.41, 5.74) is 1.17. The molecule has 2 aromatic carbocycles. The van der Waals surface area contributed by atoms with Crippen LogP contribution in [-0.4, -0.2) is 66.5 Å². The van der Waals surface area contributed by atoms with Crippen LogP contribution in [0.4, 0.5) is 0 Å². The molecule has 0 unspecified atom stereocenters. The van der Waals surface area contributed by atoms with Gasteiger partial charge in [0.1, 0.15) is 23.9 Å². The van der Waals surface area contributed by atoms with Crippen LogP contribution in [0.5, 0.6) is 11.5 Å². The average Bonchev–Trinajstić information content (AvgIpc) is 3.06. The Kier molecular flexibility index (Phi) is 8.12. The molecular formula is C27H32N2O5. The Labute approximate surface area is 200 Å². The summed E-state index contributed by atoms with van der Waals surface area (Å²) in [6.45, 7) is 8.74. The second kappa shape index (κ2) is 11.0. The number of likely N-dealkylation sites (N-methyl/N-ethyl adjacent to an activating group) is 1. The number of hydrogen-bond acceptors (Lipinski definition) is 6. The summed E-state index contributed by atoms with van der Waals surface area (Å²) < 4.78 is 11.3. The van der Waals surface area contributed by atoms with Crippen LogP contribution in [0.1, 0.15) is 31.0 Å². The largest absolute Gasteiger partial charge is 0.507 e. The number of amides is 1. The van der Waals surface area contributed by atoms with Crippen LogP contribution in [0.3, 0.4) is 0 Å². The maximum absolute atomic E-state index is 13.1. The predicted molar refractivity (Wildman–Crippen MR) is 132 cm³/mol. The number of benzene rings is 2. The van der Waals surface area contributed by atoms with Crippen molar-refractivity contribution in [2.24, 2.45) is 0 Å². The standard InChI is InChI=1S/C27H32N2O5/c1-6-16-33-22-9-7-8-20(17-22)24-23(26(31)27(32)29(24)15-14-28(4)5)25(30)19-10-12-21(13-11-19)34-18(2)3/h6-13,17-18,24,30H,1,14-16H2,2-5H3/t24-/m1/s1. The molecule has 1 heterocycles. The van der Waals surface area contributed by atoms with Crippen molar-refractivity contribution in [2.45, 2.75) is 26.0 Å². The molecule has 0 aromatic heterocycles. The molecule has 0 spiro atoms. The van der Waals surface area contributed by atoms with E-state index >= 15 is 0 Å². The second-order valence-corrected chi connectivity index (χ2v) is 8.66. The van der Waals surface area contributed by atoms with E-state index < -0.39 is 17.7 Å². The first-order valence-corrected chi connectivity index (χ1v) is 11.3. The second-order valence-electron chi connectivity index (χ2n) is 8.66. The first-order chi connectivity index (χ1) is 16.2. The fourth-order valence-electron chi connectivity index (χ4n) is 3.81. The summed E-state index contributed by atoms with van der Waals surface area (Å²) >= 11 is 0. The Bertz CT molecular complexity index is 1070. The molecule has 1 N–H and O–H groups in total. The van der Waals surface area contributed by atoms with E-state index in [0.29, 0.717) is 42.3 Å². The molecule has 0 bridgehead atoms. The SMILES string of the molecule is C=CCOc1cccc([C@@H]2C(=C(O)c3ccc(OC(C)C)cc3)C(=O)C(=O)N2CCN(C)C)c1. The third-order valence-electron chi connectivity index (χ3n) is 5.37. The van der Waals surface area contributed by atoms with Gasteiger partial charge >= 0.3 is 0 Å². The number of aliphatic hydroxyl groups excluding tert-OH is 1. The Morgan fingerprint density at radius 3 is 2.47 bits per heavy atom. The lowest BCUT2D eigenvalue weighted by molar-refractivity contribution is -0.140. The summed E-state index contributed by atoms with van der Waals surface area (Å²) in [6, 6.07) is 13.3. The van der Waals surface area contributed by atoms with E-state index in [-0.39, 0.29) is 17.4 Å². The minimum Gasteiger partial charge on any atom is -0.507 e. The molecular weight excluding hydrogens is 432 g/mol. The number of hydrogen-bond donors (Lipinski definition) is 1. The molecule has 1 saturated heterocycles. The number of carbonyl (C=O) groups excluding carboxylic acids is 2. The molecule has 0 aliphatic carbocycles. The molecule has 3 rings (SSSR count). The molecule has 0 radical (unpaired) electrons. The fraction of sp³-hybridized carbons (Fsp3) is 0.333. The van der Waals surface area contributed by atoms with Crippen molar-refractivity contribution in [1.29, 1.82) is 0 Å². The molecule has 34 heavy (non-hydrogen) atoms. The van der Waals surface area contributed by atoms with E-state index in [0.717, 1.165) is 0 Å². The number of rotatable bonds is 10. The number of ether oxygens (including phenoxy) is 2. The lowest BCUT2D eigenvalue weighted by atomic mass is 9.95. The van der Waals surface area contributed by atoms with Crippen LogP contribution < -0.4 is 9.47 Å². The minimum atomic E-state index is -0.737. The number of Topliss-reactive ketones (excluding diaryl/α,β-unsaturated/α-hetero) is 1. The van der Waals surface area contributed by atoms with Crippen LogP contribution in [-0.2, 0) is 9.59 Å². The van der Waals surface area contributed by atoms with Crippen molar-refractivity contribution in [3.8, 4) is 11.5 Å². The van der Waals surface area contributed by atoms with Crippen LogP contribution >= 0.6 is 0 Å². The van der Waals surface area contributed by atoms with Crippen molar-refractivity contribution in [3.63, 3.8) is 0 Å². The van der Waals surface area contributed by atoms with Gasteiger partial charge in [0.2, 0.25) is 0 Å². The quantitative estimate of drug-likeness (QED) is 0.248. The summed E-state index contributed by atoms with van der Waals surface area (Å²) in [4.78, 5) is 29.6. The zero-order valence-electron chi connectivity index (χ0n) is 20.2. The smallest absolute Gasteiger partial charge is 0.295 e. The monoisotopic (exact) mass is 464 g/mol. The number of aliphatic hydroxyl groups is 1. The third kappa shape index (κ3) is 5.66. The highest BCUT2D eigenvalue weighted by Crippen LogP contribution is 2.40. The molecule has 1 fully saturated rings. The van der Waals surface area contributed by atoms with Crippen LogP contribution in [0, 0.1) is 0 Å². The van der Waals surface area contributed by atoms with Crippen LogP contribution in [0.25, 0.3) is 5.76 Å². The van der Waals surface area contributed by atoms with E-state index in [4.69, 9.17) is 9.47 Å². The van der Waals surface area contributed by atoms with Crippen LogP contribution in [0.2, 0.25) is 0 Å². The highest BCUT2D eigenvalue weighted by molar-refractivity contribution is 6.46. The topological polar surface area (TPSA) is 79.3 Å². The summed E-state index contributed by atoms with van der Waals surface area (Å²) in [6.07, 6.45) is 1.65. The molecule has 1 atom stereocenters. The molecule has 180 valence electrons. The predicted octanol–water partition coefficient (Wildman–Crippen LogP) is 4.02. The molecule has 0 saturated carbocycles. The molecule has 1 amide bonds. The zero-order valence-corrected chi connectivity index (χ0v) is 20.2. The van der Waals surface area contributed by atoms with Crippen molar-refractivity contribution in [2.75, 3.05) is 33.8 Å². The highest BCUT2D eigenvalue weighted by atomic mass is 16.5. The zero-order chi connectivity index (χ0) is 24.8. The van der Waals surface area contributed by atoms with Gasteiger partial charge in [-0.05, 0) is 69.9 Å². The Morgan fingerprint density at radius 2 is 1.85 bits per heavy atom. The molecule has 1 aliphatic rings. The fourth-order valence-corrected chi connectivity index (χ4v) is 3.81. The first-order valence-electron chi connectivity index (χ1n) is 11.3. The van der Waals surface area contributed by atoms with Crippen molar-refractivity contribution >= 4 is 17.4 Å². The molecule has 2 aromatic rings. The van der Waals surface area contributed by atoms with Gasteiger partial charge in [-0.25, -0.2) is 0 Å². The van der Waals surface area contributed by atoms with Crippen LogP contribution in [0.15, 0.2) is 66.8 Å². The highest BCUT2D eigenvalue weighted by Gasteiger charge is 2.46. The van der Waals surface area contributed by atoms with Crippen molar-refractivity contribution in [1.82, 2.24) is 9.80 Å². The minimum absolute atomic E-state index is 0.0112. The maximum Gasteiger partial charge on any atom is 0.295 e. The van der Waals surface area contributed by atoms with Crippen molar-refractivity contribution in [3.05, 3.63) is 77.9 Å². The molecule has 1 aliphatic heterocycles. The summed E-state index contributed by atoms with van der Waals surface area (Å²) in [5.74, 6) is -0.316. The van der Waals surface area contributed by atoms with Gasteiger partial charge in [0.05, 0.1) is 17.7 Å². The van der Waals surface area contributed by atoms with Crippen molar-refractivity contribution < 1.29 is 24.2 Å². The summed E-state index contributed by atoms with van der Waals surface area (Å²) in [5, 5.41) is 11.2. The Hall–Kier alpha value is -3.58. The third-order valence-corrected chi connectivity index (χ3v) is 5.37. The van der Waals surface area contributed by atoms with Gasteiger partial charge in [-0.1, -0.05) is 24.8 Å². The van der Waals surface area contributed by atoms with Gasteiger partial charge < -0.3 is 24.4 Å². The maximum atomic E-state index is 13.1. The van der Waals surface area contributed by atoms with Gasteiger partial charge in [0.25, 0.3) is 11.7 Å². The van der Waals surface area contributed by atoms with E-state index in [1.54, 1.807) is 48.5 Å². The van der Waals surface area contributed by atoms with E-state index in [2.05, 4.69) is 6.58 Å². The molecule has 7 heteroatoms. The van der Waals surface area contributed by atoms with Gasteiger partial charge in [-0.15, -0.1) is 0 Å². The Morgan fingerprint density at radius 1 is 1.15 bits per heavy atom. The number of ketones is 1. The van der Waals surface area contributed by atoms with Gasteiger partial charge in [0.15, 0.2) is 0 Å². The van der Waals surface area contributed by atoms with Gasteiger partial charge in [-0.2, -0.15) is 0 Å². The van der Waals surface area contributed by atoms with E-state index in [9.17, 15) is 14.7 Å². The lowest BCUT2D eigenvalue weighted by Crippen LogP contribution is -2.35. The average molecular weight is 465 g/mol. The van der Waals surface area contributed by atoms with Gasteiger partial charge in [0, 0.05) is 18.7 Å². The lowest BCUT2D eigenvalue weighted by Gasteiger charge is -2.27. The van der Waals surface area contributed by atoms with E-state index in [1.807, 2.05) is 38.9 Å². The number of carbonyl (C=O) groups is 2.